The van der Waals surface area contributed by atoms with Crippen LogP contribution in [0.5, 0.6) is 0 Å². The van der Waals surface area contributed by atoms with Gasteiger partial charge in [0, 0.05) is 18.3 Å². The summed E-state index contributed by atoms with van der Waals surface area (Å²) in [5, 5.41) is 10.2. The molecule has 2 unspecified atom stereocenters. The van der Waals surface area contributed by atoms with Crippen LogP contribution < -0.4 is 0 Å². The maximum absolute atomic E-state index is 13.0. The van der Waals surface area contributed by atoms with Crippen LogP contribution in [0.3, 0.4) is 0 Å². The third-order valence-electron chi connectivity index (χ3n) is 3.21. The third-order valence-corrected chi connectivity index (χ3v) is 4.03. The fraction of sp³-hybridized carbons (Fsp3) is 0.571. The Morgan fingerprint density at radius 3 is 2.67 bits per heavy atom. The van der Waals surface area contributed by atoms with Crippen LogP contribution in [0.4, 0.5) is 4.39 Å². The van der Waals surface area contributed by atoms with Crippen LogP contribution in [-0.4, -0.2) is 41.6 Å². The van der Waals surface area contributed by atoms with Gasteiger partial charge in [0.05, 0.1) is 6.10 Å². The first-order valence-electron chi connectivity index (χ1n) is 6.09. The highest BCUT2D eigenvalue weighted by Crippen LogP contribution is 2.20. The molecule has 2 atom stereocenters. The Hall–Kier alpha value is -0.580. The maximum atomic E-state index is 13.0. The molecule has 0 aliphatic carbocycles. The van der Waals surface area contributed by atoms with E-state index in [9.17, 15) is 9.50 Å². The van der Waals surface area contributed by atoms with Gasteiger partial charge in [-0.2, -0.15) is 11.8 Å². The van der Waals surface area contributed by atoms with Crippen molar-refractivity contribution in [3.63, 3.8) is 0 Å². The van der Waals surface area contributed by atoms with Gasteiger partial charge in [-0.15, -0.1) is 0 Å². The highest BCUT2D eigenvalue weighted by atomic mass is 32.2. The molecule has 102 valence electrons. The molecule has 0 saturated carbocycles. The minimum Gasteiger partial charge on any atom is -0.387 e. The number of hydrogen-bond acceptors (Lipinski definition) is 3. The molecule has 1 rings (SSSR count). The van der Waals surface area contributed by atoms with E-state index in [2.05, 4.69) is 18.1 Å². The molecule has 0 fully saturated rings. The van der Waals surface area contributed by atoms with Gasteiger partial charge in [0.2, 0.25) is 0 Å². The van der Waals surface area contributed by atoms with Crippen LogP contribution in [0.2, 0.25) is 0 Å². The molecule has 1 aromatic rings. The molecular formula is C14H22FNOS. The lowest BCUT2D eigenvalue weighted by Gasteiger charge is -2.27. The van der Waals surface area contributed by atoms with Gasteiger partial charge in [0.1, 0.15) is 5.82 Å². The van der Waals surface area contributed by atoms with Gasteiger partial charge in [-0.1, -0.05) is 6.07 Å². The first-order valence-corrected chi connectivity index (χ1v) is 7.48. The summed E-state index contributed by atoms with van der Waals surface area (Å²) < 4.78 is 13.0. The minimum absolute atomic E-state index is 0.257. The summed E-state index contributed by atoms with van der Waals surface area (Å²) in [7, 11) is 2.00. The number of hydrogen-bond donors (Lipinski definition) is 1. The van der Waals surface area contributed by atoms with Crippen molar-refractivity contribution in [2.45, 2.75) is 26.0 Å². The summed E-state index contributed by atoms with van der Waals surface area (Å²) in [6, 6.07) is 4.94. The number of thioether (sulfide) groups is 1. The normalized spacial score (nSPS) is 14.8. The summed E-state index contributed by atoms with van der Waals surface area (Å²) in [4.78, 5) is 2.13. The zero-order valence-corrected chi connectivity index (χ0v) is 12.3. The molecule has 0 aliphatic heterocycles. The predicted molar refractivity (Wildman–Crippen MR) is 76.6 cm³/mol. The smallest absolute Gasteiger partial charge is 0.123 e. The van der Waals surface area contributed by atoms with Crippen LogP contribution in [-0.2, 0) is 0 Å². The average molecular weight is 271 g/mol. The quantitative estimate of drug-likeness (QED) is 0.860. The first kappa shape index (κ1) is 15.5. The Bertz CT molecular complexity index is 386. The number of aliphatic hydroxyl groups excluding tert-OH is 1. The lowest BCUT2D eigenvalue weighted by Crippen LogP contribution is -2.34. The van der Waals surface area contributed by atoms with Crippen molar-refractivity contribution in [2.75, 3.05) is 25.6 Å². The Balaban J connectivity index is 2.67. The van der Waals surface area contributed by atoms with Gasteiger partial charge in [-0.25, -0.2) is 4.39 Å². The van der Waals surface area contributed by atoms with E-state index in [-0.39, 0.29) is 5.82 Å². The molecule has 1 aromatic carbocycles. The minimum atomic E-state index is -0.570. The Kier molecular flexibility index (Phi) is 6.12. The molecular weight excluding hydrogens is 249 g/mol. The van der Waals surface area contributed by atoms with Crippen molar-refractivity contribution in [1.29, 1.82) is 0 Å². The van der Waals surface area contributed by atoms with Crippen LogP contribution in [0.1, 0.15) is 24.2 Å². The zero-order valence-electron chi connectivity index (χ0n) is 11.5. The fourth-order valence-corrected chi connectivity index (χ4v) is 2.67. The van der Waals surface area contributed by atoms with Crippen LogP contribution in [0.25, 0.3) is 0 Å². The largest absolute Gasteiger partial charge is 0.387 e. The molecule has 0 aromatic heterocycles. The molecule has 0 amide bonds. The van der Waals surface area contributed by atoms with Gasteiger partial charge in [-0.3, -0.25) is 4.90 Å². The summed E-state index contributed by atoms with van der Waals surface area (Å²) in [6.45, 7) is 4.53. The molecule has 0 radical (unpaired) electrons. The van der Waals surface area contributed by atoms with Gasteiger partial charge in [0.25, 0.3) is 0 Å². The summed E-state index contributed by atoms with van der Waals surface area (Å²) in [5.41, 5.74) is 1.60. The van der Waals surface area contributed by atoms with Crippen LogP contribution in [0.15, 0.2) is 18.2 Å². The molecule has 0 spiro atoms. The molecule has 0 saturated heterocycles. The van der Waals surface area contributed by atoms with E-state index in [1.807, 2.05) is 14.0 Å². The number of aryl methyl sites for hydroxylation is 1. The SMILES string of the molecule is CSCC(C)N(C)CC(O)c1ccc(F)cc1C. The monoisotopic (exact) mass is 271 g/mol. The number of rotatable bonds is 6. The molecule has 18 heavy (non-hydrogen) atoms. The third kappa shape index (κ3) is 4.26. The van der Waals surface area contributed by atoms with Crippen molar-refractivity contribution in [3.8, 4) is 0 Å². The number of benzene rings is 1. The van der Waals surface area contributed by atoms with E-state index >= 15 is 0 Å². The van der Waals surface area contributed by atoms with Gasteiger partial charge in [-0.05, 0) is 50.4 Å². The maximum Gasteiger partial charge on any atom is 0.123 e. The standard InChI is InChI=1S/C14H22FNOS/c1-10-7-12(15)5-6-13(10)14(17)8-16(3)11(2)9-18-4/h5-7,11,14,17H,8-9H2,1-4H3. The molecule has 0 bridgehead atoms. The highest BCUT2D eigenvalue weighted by Gasteiger charge is 2.16. The summed E-state index contributed by atoms with van der Waals surface area (Å²) in [5.74, 6) is 0.776. The average Bonchev–Trinajstić information content (AvgIpc) is 2.28. The Labute approximate surface area is 113 Å². The predicted octanol–water partition coefficient (Wildman–Crippen LogP) is 2.85. The van der Waals surface area contributed by atoms with Crippen LogP contribution in [0, 0.1) is 12.7 Å². The van der Waals surface area contributed by atoms with E-state index in [1.54, 1.807) is 17.8 Å². The second kappa shape index (κ2) is 7.12. The second-order valence-corrected chi connectivity index (χ2v) is 5.67. The first-order chi connectivity index (χ1) is 8.45. The summed E-state index contributed by atoms with van der Waals surface area (Å²) >= 11 is 1.79. The Morgan fingerprint density at radius 1 is 1.44 bits per heavy atom. The van der Waals surface area contributed by atoms with Gasteiger partial charge >= 0.3 is 0 Å². The molecule has 2 nitrogen and oxygen atoms in total. The summed E-state index contributed by atoms with van der Waals surface area (Å²) in [6.07, 6.45) is 1.50. The van der Waals surface area contributed by atoms with Crippen molar-refractivity contribution in [2.24, 2.45) is 0 Å². The number of likely N-dealkylation sites (N-methyl/N-ethyl adjacent to an activating group) is 1. The Morgan fingerprint density at radius 2 is 2.11 bits per heavy atom. The second-order valence-electron chi connectivity index (χ2n) is 4.76. The molecule has 0 heterocycles. The number of nitrogens with zero attached hydrogens (tertiary/aromatic N) is 1. The van der Waals surface area contributed by atoms with Crippen molar-refractivity contribution < 1.29 is 9.50 Å². The van der Waals surface area contributed by atoms with E-state index in [1.165, 1.54) is 12.1 Å². The van der Waals surface area contributed by atoms with E-state index in [0.29, 0.717) is 12.6 Å². The van der Waals surface area contributed by atoms with Crippen molar-refractivity contribution in [3.05, 3.63) is 35.1 Å². The van der Waals surface area contributed by atoms with E-state index < -0.39 is 6.10 Å². The molecule has 4 heteroatoms. The number of halogens is 1. The van der Waals surface area contributed by atoms with Gasteiger partial charge < -0.3 is 5.11 Å². The highest BCUT2D eigenvalue weighted by molar-refractivity contribution is 7.98. The molecule has 1 N–H and O–H groups in total. The topological polar surface area (TPSA) is 23.5 Å². The fourth-order valence-electron chi connectivity index (χ4n) is 1.93. The molecule has 0 aliphatic rings. The lowest BCUT2D eigenvalue weighted by atomic mass is 10.0. The van der Waals surface area contributed by atoms with Crippen molar-refractivity contribution in [1.82, 2.24) is 4.90 Å². The van der Waals surface area contributed by atoms with Gasteiger partial charge in [0.15, 0.2) is 0 Å². The van der Waals surface area contributed by atoms with Crippen LogP contribution >= 0.6 is 11.8 Å². The van der Waals surface area contributed by atoms with E-state index in [0.717, 1.165) is 16.9 Å². The van der Waals surface area contributed by atoms with Crippen molar-refractivity contribution >= 4 is 11.8 Å². The van der Waals surface area contributed by atoms with E-state index in [4.69, 9.17) is 0 Å². The number of aliphatic hydroxyl groups is 1. The zero-order chi connectivity index (χ0) is 13.7. The lowest BCUT2D eigenvalue weighted by molar-refractivity contribution is 0.113.